The van der Waals surface area contributed by atoms with E-state index in [2.05, 4.69) is 35.7 Å². The Hall–Kier alpha value is -4.08. The van der Waals surface area contributed by atoms with Crippen molar-refractivity contribution >= 4 is 17.5 Å². The molecule has 2 N–H and O–H groups in total. The van der Waals surface area contributed by atoms with E-state index in [0.29, 0.717) is 24.2 Å². The Morgan fingerprint density at radius 2 is 2.00 bits per heavy atom. The summed E-state index contributed by atoms with van der Waals surface area (Å²) in [5, 5.41) is 10.1. The van der Waals surface area contributed by atoms with Crippen LogP contribution in [0.4, 0.5) is 11.6 Å². The van der Waals surface area contributed by atoms with Gasteiger partial charge in [-0.15, -0.1) is 0 Å². The molecular formula is C23H26N8O2. The first-order chi connectivity index (χ1) is 15.7. The zero-order valence-corrected chi connectivity index (χ0v) is 19.2. The molecule has 0 saturated carbocycles. The fourth-order valence-electron chi connectivity index (χ4n) is 3.13. The summed E-state index contributed by atoms with van der Waals surface area (Å²) in [6.45, 7) is 8.30. The molecule has 0 aliphatic rings. The standard InChI is InChI=1S/C23H26N8O2/c1-14-8-15(19-25-13-26-22(30-19)28-17-10-27-31(5)11-17)6-7-16(14)9-24-20(32)18-12-33-21(29-18)23(2,3)4/h6-8,10-13H,9H2,1-5H3,(H,24,32)(H,25,26,28,30). The molecule has 4 aromatic rings. The summed E-state index contributed by atoms with van der Waals surface area (Å²) in [6.07, 6.45) is 6.39. The highest BCUT2D eigenvalue weighted by molar-refractivity contribution is 5.91. The number of hydrogen-bond acceptors (Lipinski definition) is 8. The topological polar surface area (TPSA) is 124 Å². The average molecular weight is 447 g/mol. The summed E-state index contributed by atoms with van der Waals surface area (Å²) >= 11 is 0. The van der Waals surface area contributed by atoms with Crippen LogP contribution in [0.3, 0.4) is 0 Å². The summed E-state index contributed by atoms with van der Waals surface area (Å²) in [7, 11) is 1.84. The molecule has 0 fully saturated rings. The fraction of sp³-hybridized carbons (Fsp3) is 0.304. The van der Waals surface area contributed by atoms with Crippen LogP contribution in [0.5, 0.6) is 0 Å². The van der Waals surface area contributed by atoms with Gasteiger partial charge in [0.1, 0.15) is 12.6 Å². The van der Waals surface area contributed by atoms with E-state index in [9.17, 15) is 4.79 Å². The first-order valence-electron chi connectivity index (χ1n) is 10.5. The molecule has 0 aliphatic heterocycles. The first-order valence-corrected chi connectivity index (χ1v) is 10.5. The highest BCUT2D eigenvalue weighted by atomic mass is 16.3. The van der Waals surface area contributed by atoms with Gasteiger partial charge < -0.3 is 15.1 Å². The zero-order chi connectivity index (χ0) is 23.6. The second-order valence-electron chi connectivity index (χ2n) is 8.77. The van der Waals surface area contributed by atoms with Gasteiger partial charge in [0.2, 0.25) is 5.95 Å². The Morgan fingerprint density at radius 3 is 2.67 bits per heavy atom. The van der Waals surface area contributed by atoms with Gasteiger partial charge in [0.15, 0.2) is 17.4 Å². The molecule has 1 aromatic carbocycles. The van der Waals surface area contributed by atoms with Gasteiger partial charge in [-0.25, -0.2) is 15.0 Å². The van der Waals surface area contributed by atoms with Crippen LogP contribution in [0.1, 0.15) is 48.3 Å². The van der Waals surface area contributed by atoms with Crippen LogP contribution >= 0.6 is 0 Å². The highest BCUT2D eigenvalue weighted by Crippen LogP contribution is 2.22. The number of nitrogens with one attached hydrogen (secondary N) is 2. The summed E-state index contributed by atoms with van der Waals surface area (Å²) in [6, 6.07) is 5.86. The third-order valence-electron chi connectivity index (χ3n) is 4.95. The minimum atomic E-state index is -0.277. The van der Waals surface area contributed by atoms with Crippen LogP contribution in [0.2, 0.25) is 0 Å². The monoisotopic (exact) mass is 446 g/mol. The number of oxazole rings is 1. The molecule has 170 valence electrons. The van der Waals surface area contributed by atoms with Crippen LogP contribution in [-0.4, -0.2) is 35.6 Å². The van der Waals surface area contributed by atoms with Crippen molar-refractivity contribution in [1.82, 2.24) is 35.0 Å². The smallest absolute Gasteiger partial charge is 0.273 e. The predicted octanol–water partition coefficient (Wildman–Crippen LogP) is 3.54. The zero-order valence-electron chi connectivity index (χ0n) is 19.2. The number of carbonyl (C=O) groups is 1. The molecule has 10 nitrogen and oxygen atoms in total. The second-order valence-corrected chi connectivity index (χ2v) is 8.77. The lowest BCUT2D eigenvalue weighted by molar-refractivity contribution is 0.0946. The molecular weight excluding hydrogens is 420 g/mol. The SMILES string of the molecule is Cc1cc(-c2ncnc(Nc3cnn(C)c3)n2)ccc1CNC(=O)c1coc(C(C)(C)C)n1. The molecule has 10 heteroatoms. The van der Waals surface area contributed by atoms with Crippen LogP contribution in [-0.2, 0) is 19.0 Å². The van der Waals surface area contributed by atoms with E-state index in [-0.39, 0.29) is 17.0 Å². The Labute approximate surface area is 191 Å². The normalized spacial score (nSPS) is 11.4. The first kappa shape index (κ1) is 22.1. The third kappa shape index (κ3) is 5.22. The maximum absolute atomic E-state index is 12.5. The third-order valence-corrected chi connectivity index (χ3v) is 4.95. The molecule has 0 radical (unpaired) electrons. The molecule has 33 heavy (non-hydrogen) atoms. The molecule has 0 atom stereocenters. The maximum Gasteiger partial charge on any atom is 0.273 e. The van der Waals surface area contributed by atoms with Gasteiger partial charge in [-0.2, -0.15) is 10.1 Å². The van der Waals surface area contributed by atoms with Gasteiger partial charge in [0.25, 0.3) is 5.91 Å². The summed E-state index contributed by atoms with van der Waals surface area (Å²) in [5.74, 6) is 1.24. The van der Waals surface area contributed by atoms with Crippen LogP contribution in [0.25, 0.3) is 11.4 Å². The van der Waals surface area contributed by atoms with Crippen molar-refractivity contribution in [2.45, 2.75) is 39.7 Å². The number of hydrogen-bond donors (Lipinski definition) is 2. The number of anilines is 2. The van der Waals surface area contributed by atoms with Crippen LogP contribution < -0.4 is 10.6 Å². The number of benzene rings is 1. The number of aryl methyl sites for hydroxylation is 2. The van der Waals surface area contributed by atoms with Crippen molar-refractivity contribution in [3.8, 4) is 11.4 Å². The molecule has 0 aliphatic carbocycles. The van der Waals surface area contributed by atoms with Crippen molar-refractivity contribution in [3.05, 3.63) is 65.9 Å². The van der Waals surface area contributed by atoms with Crippen molar-refractivity contribution in [2.75, 3.05) is 5.32 Å². The Morgan fingerprint density at radius 1 is 1.18 bits per heavy atom. The Bertz CT molecular complexity index is 1290. The predicted molar refractivity (Wildman–Crippen MR) is 123 cm³/mol. The van der Waals surface area contributed by atoms with Crippen molar-refractivity contribution in [2.24, 2.45) is 7.05 Å². The van der Waals surface area contributed by atoms with Crippen molar-refractivity contribution in [3.63, 3.8) is 0 Å². The Kier molecular flexibility index (Phi) is 5.91. The minimum absolute atomic E-state index is 0.257. The molecule has 0 unspecified atom stereocenters. The lowest BCUT2D eigenvalue weighted by Gasteiger charge is -2.12. The van der Waals surface area contributed by atoms with E-state index < -0.39 is 0 Å². The van der Waals surface area contributed by atoms with Crippen LogP contribution in [0, 0.1) is 6.92 Å². The van der Waals surface area contributed by atoms with Crippen molar-refractivity contribution < 1.29 is 9.21 Å². The number of amides is 1. The maximum atomic E-state index is 12.5. The minimum Gasteiger partial charge on any atom is -0.448 e. The molecule has 4 rings (SSSR count). The van der Waals surface area contributed by atoms with Gasteiger partial charge in [-0.1, -0.05) is 32.9 Å². The average Bonchev–Trinajstić information content (AvgIpc) is 3.42. The van der Waals surface area contributed by atoms with Gasteiger partial charge in [0, 0.05) is 30.8 Å². The van der Waals surface area contributed by atoms with E-state index in [0.717, 1.165) is 22.4 Å². The van der Waals surface area contributed by atoms with Gasteiger partial charge in [-0.05, 0) is 24.1 Å². The summed E-state index contributed by atoms with van der Waals surface area (Å²) in [5.41, 5.74) is 3.64. The highest BCUT2D eigenvalue weighted by Gasteiger charge is 2.22. The number of nitrogens with zero attached hydrogens (tertiary/aromatic N) is 6. The second kappa shape index (κ2) is 8.81. The quantitative estimate of drug-likeness (QED) is 0.461. The summed E-state index contributed by atoms with van der Waals surface area (Å²) in [4.78, 5) is 29.7. The lowest BCUT2D eigenvalue weighted by atomic mass is 9.97. The van der Waals surface area contributed by atoms with E-state index >= 15 is 0 Å². The van der Waals surface area contributed by atoms with E-state index in [1.165, 1.54) is 12.6 Å². The Balaban J connectivity index is 1.43. The van der Waals surface area contributed by atoms with Gasteiger partial charge in [0.05, 0.1) is 11.9 Å². The van der Waals surface area contributed by atoms with Crippen LogP contribution in [0.15, 0.2) is 47.6 Å². The van der Waals surface area contributed by atoms with E-state index in [1.807, 2.05) is 59.1 Å². The van der Waals surface area contributed by atoms with E-state index in [1.54, 1.807) is 10.9 Å². The van der Waals surface area contributed by atoms with Crippen molar-refractivity contribution in [1.29, 1.82) is 0 Å². The molecule has 0 saturated heterocycles. The van der Waals surface area contributed by atoms with Gasteiger partial charge >= 0.3 is 0 Å². The molecule has 0 bridgehead atoms. The summed E-state index contributed by atoms with van der Waals surface area (Å²) < 4.78 is 7.13. The molecule has 0 spiro atoms. The van der Waals surface area contributed by atoms with Gasteiger partial charge in [-0.3, -0.25) is 9.48 Å². The number of rotatable bonds is 6. The molecule has 3 aromatic heterocycles. The largest absolute Gasteiger partial charge is 0.448 e. The van der Waals surface area contributed by atoms with E-state index in [4.69, 9.17) is 4.42 Å². The lowest BCUT2D eigenvalue weighted by Crippen LogP contribution is -2.24. The fourth-order valence-corrected chi connectivity index (χ4v) is 3.13. The molecule has 3 heterocycles. The number of aromatic nitrogens is 6. The number of carbonyl (C=O) groups excluding carboxylic acids is 1. The molecule has 1 amide bonds.